The number of amides is 1. The van der Waals surface area contributed by atoms with Crippen LogP contribution in [0.15, 0.2) is 24.3 Å². The number of rotatable bonds is 4. The Morgan fingerprint density at radius 3 is 2.52 bits per heavy atom. The fourth-order valence-electron chi connectivity index (χ4n) is 2.92. The van der Waals surface area contributed by atoms with Crippen LogP contribution >= 0.6 is 0 Å². The van der Waals surface area contributed by atoms with Gasteiger partial charge in [0.1, 0.15) is 17.2 Å². The van der Waals surface area contributed by atoms with Crippen molar-refractivity contribution in [3.8, 4) is 0 Å². The summed E-state index contributed by atoms with van der Waals surface area (Å²) in [7, 11) is 0. The quantitative estimate of drug-likeness (QED) is 0.925. The van der Waals surface area contributed by atoms with Gasteiger partial charge in [0, 0.05) is 18.8 Å². The molecule has 0 aliphatic carbocycles. The average Bonchev–Trinajstić information content (AvgIpc) is 2.60. The Labute approximate surface area is 145 Å². The van der Waals surface area contributed by atoms with Crippen LogP contribution in [0.4, 0.5) is 14.7 Å². The number of benzene rings is 1. The fourth-order valence-corrected chi connectivity index (χ4v) is 2.92. The lowest BCUT2D eigenvalue weighted by atomic mass is 10.1. The molecule has 2 heterocycles. The number of anilines is 1. The number of nitrogens with one attached hydrogen (secondary N) is 1. The van der Waals surface area contributed by atoms with Crippen LogP contribution < -0.4 is 10.2 Å². The van der Waals surface area contributed by atoms with Gasteiger partial charge < -0.3 is 10.2 Å². The minimum Gasteiger partial charge on any atom is -0.346 e. The number of carbonyl (C=O) groups is 1. The predicted molar refractivity (Wildman–Crippen MR) is 90.4 cm³/mol. The highest BCUT2D eigenvalue weighted by Crippen LogP contribution is 2.17. The van der Waals surface area contributed by atoms with E-state index in [9.17, 15) is 13.6 Å². The summed E-state index contributed by atoms with van der Waals surface area (Å²) in [5, 5.41) is 2.53. The lowest BCUT2D eigenvalue weighted by Crippen LogP contribution is -2.32. The Morgan fingerprint density at radius 1 is 1.16 bits per heavy atom. The molecule has 1 saturated heterocycles. The van der Waals surface area contributed by atoms with E-state index in [1.165, 1.54) is 12.5 Å². The van der Waals surface area contributed by atoms with Gasteiger partial charge in [0.2, 0.25) is 5.95 Å². The highest BCUT2D eigenvalue weighted by atomic mass is 19.1. The van der Waals surface area contributed by atoms with Crippen molar-refractivity contribution in [3.05, 3.63) is 52.9 Å². The van der Waals surface area contributed by atoms with Gasteiger partial charge in [-0.25, -0.2) is 18.7 Å². The first-order valence-electron chi connectivity index (χ1n) is 8.36. The molecule has 1 aliphatic rings. The second-order valence-corrected chi connectivity index (χ2v) is 6.13. The molecule has 7 heteroatoms. The molecule has 1 N–H and O–H groups in total. The van der Waals surface area contributed by atoms with Crippen molar-refractivity contribution in [2.45, 2.75) is 32.7 Å². The van der Waals surface area contributed by atoms with Crippen LogP contribution in [0.5, 0.6) is 0 Å². The van der Waals surface area contributed by atoms with Crippen molar-refractivity contribution in [3.63, 3.8) is 0 Å². The van der Waals surface area contributed by atoms with Gasteiger partial charge in [0.05, 0.1) is 12.2 Å². The summed E-state index contributed by atoms with van der Waals surface area (Å²) in [5.41, 5.74) is 0.819. The Kier molecular flexibility index (Phi) is 5.21. The molecule has 132 valence electrons. The average molecular weight is 346 g/mol. The summed E-state index contributed by atoms with van der Waals surface area (Å²) in [5.74, 6) is -1.93. The molecule has 1 aromatic carbocycles. The van der Waals surface area contributed by atoms with Crippen LogP contribution in [-0.2, 0) is 6.54 Å². The van der Waals surface area contributed by atoms with Crippen molar-refractivity contribution in [1.82, 2.24) is 15.3 Å². The second-order valence-electron chi connectivity index (χ2n) is 6.13. The zero-order valence-electron chi connectivity index (χ0n) is 14.1. The number of nitrogens with zero attached hydrogens (tertiary/aromatic N) is 3. The van der Waals surface area contributed by atoms with Crippen LogP contribution in [0, 0.1) is 18.6 Å². The number of aromatic nitrogens is 2. The first-order valence-corrected chi connectivity index (χ1v) is 8.36. The largest absolute Gasteiger partial charge is 0.346 e. The molecule has 1 fully saturated rings. The van der Waals surface area contributed by atoms with Gasteiger partial charge in [-0.05, 0) is 44.4 Å². The number of hydrogen-bond donors (Lipinski definition) is 1. The summed E-state index contributed by atoms with van der Waals surface area (Å²) >= 11 is 0. The van der Waals surface area contributed by atoms with Crippen LogP contribution in [0.2, 0.25) is 0 Å². The molecular formula is C18H20F2N4O. The number of aryl methyl sites for hydroxylation is 1. The molecule has 25 heavy (non-hydrogen) atoms. The lowest BCUT2D eigenvalue weighted by molar-refractivity contribution is 0.0942. The van der Waals surface area contributed by atoms with Gasteiger partial charge in [-0.15, -0.1) is 0 Å². The van der Waals surface area contributed by atoms with Gasteiger partial charge in [0.15, 0.2) is 0 Å². The summed E-state index contributed by atoms with van der Waals surface area (Å²) in [6.07, 6.45) is 3.42. The zero-order valence-corrected chi connectivity index (χ0v) is 14.1. The minimum atomic E-state index is -0.884. The molecule has 1 amide bonds. The van der Waals surface area contributed by atoms with Crippen molar-refractivity contribution < 1.29 is 13.6 Å². The van der Waals surface area contributed by atoms with Gasteiger partial charge in [0.25, 0.3) is 5.91 Å². The van der Waals surface area contributed by atoms with E-state index in [-0.39, 0.29) is 6.54 Å². The van der Waals surface area contributed by atoms with Crippen LogP contribution in [-0.4, -0.2) is 29.0 Å². The minimum absolute atomic E-state index is 0.0802. The molecule has 1 aromatic heterocycles. The number of hydrogen-bond acceptors (Lipinski definition) is 4. The molecule has 0 spiro atoms. The molecule has 3 rings (SSSR count). The third-order valence-corrected chi connectivity index (χ3v) is 4.15. The van der Waals surface area contributed by atoms with Gasteiger partial charge in [-0.1, -0.05) is 6.07 Å². The number of carbonyl (C=O) groups excluding carboxylic acids is 1. The van der Waals surface area contributed by atoms with E-state index in [2.05, 4.69) is 20.2 Å². The van der Waals surface area contributed by atoms with Crippen LogP contribution in [0.3, 0.4) is 0 Å². The monoisotopic (exact) mass is 346 g/mol. The SMILES string of the molecule is Cc1cc(CNC(=O)c2c(F)cccc2F)nc(N2CCCCC2)n1. The topological polar surface area (TPSA) is 58.1 Å². The summed E-state index contributed by atoms with van der Waals surface area (Å²) in [6.45, 7) is 3.76. The van der Waals surface area contributed by atoms with E-state index in [0.29, 0.717) is 11.6 Å². The van der Waals surface area contributed by atoms with Gasteiger partial charge in [-0.2, -0.15) is 0 Å². The van der Waals surface area contributed by atoms with E-state index in [0.717, 1.165) is 43.8 Å². The number of piperidine rings is 1. The third-order valence-electron chi connectivity index (χ3n) is 4.15. The summed E-state index contributed by atoms with van der Waals surface area (Å²) in [6, 6.07) is 5.09. The molecule has 2 aromatic rings. The molecule has 0 saturated carbocycles. The summed E-state index contributed by atoms with van der Waals surface area (Å²) < 4.78 is 27.3. The summed E-state index contributed by atoms with van der Waals surface area (Å²) in [4.78, 5) is 23.1. The van der Waals surface area contributed by atoms with Gasteiger partial charge in [-0.3, -0.25) is 4.79 Å². The van der Waals surface area contributed by atoms with Crippen molar-refractivity contribution in [2.75, 3.05) is 18.0 Å². The molecule has 1 aliphatic heterocycles. The zero-order chi connectivity index (χ0) is 17.8. The van der Waals surface area contributed by atoms with Crippen LogP contribution in [0.1, 0.15) is 41.0 Å². The standard InChI is InChI=1S/C18H20F2N4O/c1-12-10-13(23-18(22-12)24-8-3-2-4-9-24)11-21-17(25)16-14(19)6-5-7-15(16)20/h5-7,10H,2-4,8-9,11H2,1H3,(H,21,25). The van der Waals surface area contributed by atoms with Crippen LogP contribution in [0.25, 0.3) is 0 Å². The lowest BCUT2D eigenvalue weighted by Gasteiger charge is -2.27. The smallest absolute Gasteiger partial charge is 0.257 e. The normalized spacial score (nSPS) is 14.4. The van der Waals surface area contributed by atoms with E-state index in [1.54, 1.807) is 6.07 Å². The first-order chi connectivity index (χ1) is 12.0. The van der Waals surface area contributed by atoms with E-state index < -0.39 is 23.1 Å². The van der Waals surface area contributed by atoms with Crippen molar-refractivity contribution in [1.29, 1.82) is 0 Å². The van der Waals surface area contributed by atoms with E-state index >= 15 is 0 Å². The van der Waals surface area contributed by atoms with E-state index in [1.807, 2.05) is 6.92 Å². The maximum Gasteiger partial charge on any atom is 0.257 e. The maximum atomic E-state index is 13.7. The molecule has 0 radical (unpaired) electrons. The molecule has 0 unspecified atom stereocenters. The highest BCUT2D eigenvalue weighted by Gasteiger charge is 2.18. The van der Waals surface area contributed by atoms with Crippen molar-refractivity contribution >= 4 is 11.9 Å². The Bertz CT molecular complexity index is 755. The Balaban J connectivity index is 1.72. The molecule has 0 atom stereocenters. The van der Waals surface area contributed by atoms with Crippen molar-refractivity contribution in [2.24, 2.45) is 0 Å². The maximum absolute atomic E-state index is 13.7. The van der Waals surface area contributed by atoms with E-state index in [4.69, 9.17) is 0 Å². The number of halogens is 2. The molecule has 5 nitrogen and oxygen atoms in total. The molecular weight excluding hydrogens is 326 g/mol. The third kappa shape index (κ3) is 4.10. The fraction of sp³-hybridized carbons (Fsp3) is 0.389. The Morgan fingerprint density at radius 2 is 1.84 bits per heavy atom. The Hall–Kier alpha value is -2.57. The highest BCUT2D eigenvalue weighted by molar-refractivity contribution is 5.94. The molecule has 0 bridgehead atoms. The second kappa shape index (κ2) is 7.55. The first kappa shape index (κ1) is 17.3. The van der Waals surface area contributed by atoms with Gasteiger partial charge >= 0.3 is 0 Å². The predicted octanol–water partition coefficient (Wildman–Crippen LogP) is 2.98.